The van der Waals surface area contributed by atoms with Crippen molar-refractivity contribution < 1.29 is 4.74 Å². The highest BCUT2D eigenvalue weighted by Gasteiger charge is 2.03. The highest BCUT2D eigenvalue weighted by atomic mass is 32.2. The fraction of sp³-hybridized carbons (Fsp3) is 1.00. The number of thioether (sulfide) groups is 1. The molecule has 0 aliphatic carbocycles. The van der Waals surface area contributed by atoms with Gasteiger partial charge in [-0.25, -0.2) is 0 Å². The standard InChI is InChI=1S/C8H19NOS/c1-3-10-8(7-9)5-6-11-4-2/h8H,3-7,9H2,1-2H3. The summed E-state index contributed by atoms with van der Waals surface area (Å²) in [7, 11) is 0. The van der Waals surface area contributed by atoms with Gasteiger partial charge in [0.25, 0.3) is 0 Å². The third kappa shape index (κ3) is 6.66. The van der Waals surface area contributed by atoms with Crippen LogP contribution in [0.15, 0.2) is 0 Å². The minimum atomic E-state index is 0.277. The van der Waals surface area contributed by atoms with Crippen molar-refractivity contribution in [3.05, 3.63) is 0 Å². The SMILES string of the molecule is CCOC(CN)CCSCC. The van der Waals surface area contributed by atoms with Crippen LogP contribution in [-0.4, -0.2) is 30.8 Å². The van der Waals surface area contributed by atoms with Gasteiger partial charge in [0.15, 0.2) is 0 Å². The van der Waals surface area contributed by atoms with Crippen LogP contribution in [0.4, 0.5) is 0 Å². The van der Waals surface area contributed by atoms with E-state index in [0.717, 1.165) is 13.0 Å². The number of rotatable bonds is 7. The summed E-state index contributed by atoms with van der Waals surface area (Å²) in [5.41, 5.74) is 5.51. The Hall–Kier alpha value is 0.270. The van der Waals surface area contributed by atoms with Crippen LogP contribution in [0.2, 0.25) is 0 Å². The number of ether oxygens (including phenoxy) is 1. The van der Waals surface area contributed by atoms with Gasteiger partial charge in [0, 0.05) is 13.2 Å². The molecule has 2 nitrogen and oxygen atoms in total. The zero-order valence-corrected chi connectivity index (χ0v) is 8.32. The van der Waals surface area contributed by atoms with Crippen molar-refractivity contribution in [3.63, 3.8) is 0 Å². The van der Waals surface area contributed by atoms with Crippen molar-refractivity contribution in [2.75, 3.05) is 24.7 Å². The fourth-order valence-corrected chi connectivity index (χ4v) is 1.58. The third-order valence-corrected chi connectivity index (χ3v) is 2.39. The quantitative estimate of drug-likeness (QED) is 0.598. The van der Waals surface area contributed by atoms with Gasteiger partial charge in [-0.15, -0.1) is 0 Å². The van der Waals surface area contributed by atoms with Crippen molar-refractivity contribution in [2.24, 2.45) is 5.73 Å². The van der Waals surface area contributed by atoms with Gasteiger partial charge < -0.3 is 10.5 Å². The molecule has 0 spiro atoms. The van der Waals surface area contributed by atoms with Gasteiger partial charge in [0.2, 0.25) is 0 Å². The Morgan fingerprint density at radius 1 is 1.45 bits per heavy atom. The maximum Gasteiger partial charge on any atom is 0.0705 e. The Labute approximate surface area is 73.9 Å². The van der Waals surface area contributed by atoms with E-state index in [1.54, 1.807) is 0 Å². The summed E-state index contributed by atoms with van der Waals surface area (Å²) in [5, 5.41) is 0. The second-order valence-corrected chi connectivity index (χ2v) is 3.69. The molecular weight excluding hydrogens is 158 g/mol. The molecule has 0 radical (unpaired) electrons. The predicted octanol–water partition coefficient (Wildman–Crippen LogP) is 1.49. The minimum absolute atomic E-state index is 0.277. The van der Waals surface area contributed by atoms with Gasteiger partial charge in [-0.1, -0.05) is 6.92 Å². The van der Waals surface area contributed by atoms with E-state index >= 15 is 0 Å². The van der Waals surface area contributed by atoms with E-state index in [2.05, 4.69) is 6.92 Å². The van der Waals surface area contributed by atoms with Crippen molar-refractivity contribution in [1.82, 2.24) is 0 Å². The molecule has 1 unspecified atom stereocenters. The average molecular weight is 177 g/mol. The second-order valence-electron chi connectivity index (χ2n) is 2.30. The Balaban J connectivity index is 3.20. The molecule has 0 bridgehead atoms. The average Bonchev–Trinajstić information content (AvgIpc) is 2.03. The van der Waals surface area contributed by atoms with E-state index in [1.165, 1.54) is 11.5 Å². The van der Waals surface area contributed by atoms with Crippen molar-refractivity contribution in [3.8, 4) is 0 Å². The Morgan fingerprint density at radius 3 is 2.64 bits per heavy atom. The molecule has 0 aromatic carbocycles. The second kappa shape index (κ2) is 8.37. The van der Waals surface area contributed by atoms with Gasteiger partial charge in [-0.3, -0.25) is 0 Å². The summed E-state index contributed by atoms with van der Waals surface area (Å²) < 4.78 is 5.40. The summed E-state index contributed by atoms with van der Waals surface area (Å²) in [4.78, 5) is 0. The van der Waals surface area contributed by atoms with Crippen molar-refractivity contribution >= 4 is 11.8 Å². The zero-order chi connectivity index (χ0) is 8.53. The maximum atomic E-state index is 5.51. The van der Waals surface area contributed by atoms with Crippen LogP contribution in [0.1, 0.15) is 20.3 Å². The predicted molar refractivity (Wildman–Crippen MR) is 52.1 cm³/mol. The topological polar surface area (TPSA) is 35.2 Å². The van der Waals surface area contributed by atoms with Gasteiger partial charge in [0.1, 0.15) is 0 Å². The highest BCUT2D eigenvalue weighted by Crippen LogP contribution is 2.05. The van der Waals surface area contributed by atoms with Gasteiger partial charge in [0.05, 0.1) is 6.10 Å². The lowest BCUT2D eigenvalue weighted by molar-refractivity contribution is 0.0674. The normalized spacial score (nSPS) is 13.4. The first-order valence-electron chi connectivity index (χ1n) is 4.24. The van der Waals surface area contributed by atoms with E-state index < -0.39 is 0 Å². The molecule has 68 valence electrons. The zero-order valence-electron chi connectivity index (χ0n) is 7.51. The van der Waals surface area contributed by atoms with Crippen LogP contribution in [0.3, 0.4) is 0 Å². The molecule has 1 atom stereocenters. The molecule has 0 heterocycles. The van der Waals surface area contributed by atoms with E-state index in [-0.39, 0.29) is 6.10 Å². The largest absolute Gasteiger partial charge is 0.377 e. The van der Waals surface area contributed by atoms with Gasteiger partial charge in [-0.2, -0.15) is 11.8 Å². The van der Waals surface area contributed by atoms with Crippen molar-refractivity contribution in [1.29, 1.82) is 0 Å². The van der Waals surface area contributed by atoms with Crippen LogP contribution in [0.25, 0.3) is 0 Å². The molecule has 11 heavy (non-hydrogen) atoms. The molecule has 3 heteroatoms. The number of hydrogen-bond donors (Lipinski definition) is 1. The van der Waals surface area contributed by atoms with E-state index in [0.29, 0.717) is 6.54 Å². The lowest BCUT2D eigenvalue weighted by atomic mass is 10.3. The molecule has 0 fully saturated rings. The molecule has 0 aromatic rings. The molecular formula is C8H19NOS. The van der Waals surface area contributed by atoms with Crippen LogP contribution in [-0.2, 0) is 4.74 Å². The van der Waals surface area contributed by atoms with Crippen molar-refractivity contribution in [2.45, 2.75) is 26.4 Å². The molecule has 2 N–H and O–H groups in total. The number of nitrogens with two attached hydrogens (primary N) is 1. The summed E-state index contributed by atoms with van der Waals surface area (Å²) in [5.74, 6) is 2.35. The first-order valence-corrected chi connectivity index (χ1v) is 5.40. The monoisotopic (exact) mass is 177 g/mol. The smallest absolute Gasteiger partial charge is 0.0705 e. The molecule has 0 aliphatic rings. The van der Waals surface area contributed by atoms with E-state index in [4.69, 9.17) is 10.5 Å². The molecule has 0 aromatic heterocycles. The summed E-state index contributed by atoms with van der Waals surface area (Å²) in [6.45, 7) is 5.61. The Kier molecular flexibility index (Phi) is 8.57. The maximum absolute atomic E-state index is 5.51. The minimum Gasteiger partial charge on any atom is -0.377 e. The third-order valence-electron chi connectivity index (χ3n) is 1.45. The first-order chi connectivity index (χ1) is 5.35. The summed E-state index contributed by atoms with van der Waals surface area (Å²) in [6, 6.07) is 0. The first kappa shape index (κ1) is 11.3. The van der Waals surface area contributed by atoms with Crippen LogP contribution >= 0.6 is 11.8 Å². The van der Waals surface area contributed by atoms with E-state index in [1.807, 2.05) is 18.7 Å². The van der Waals surface area contributed by atoms with Gasteiger partial charge >= 0.3 is 0 Å². The van der Waals surface area contributed by atoms with E-state index in [9.17, 15) is 0 Å². The highest BCUT2D eigenvalue weighted by molar-refractivity contribution is 7.99. The van der Waals surface area contributed by atoms with Crippen LogP contribution < -0.4 is 5.73 Å². The lowest BCUT2D eigenvalue weighted by Gasteiger charge is -2.13. The Bertz CT molecular complexity index is 80.5. The van der Waals surface area contributed by atoms with Crippen LogP contribution in [0, 0.1) is 0 Å². The molecule has 0 saturated carbocycles. The fourth-order valence-electron chi connectivity index (χ4n) is 0.864. The number of hydrogen-bond acceptors (Lipinski definition) is 3. The van der Waals surface area contributed by atoms with Crippen LogP contribution in [0.5, 0.6) is 0 Å². The molecule has 0 saturated heterocycles. The lowest BCUT2D eigenvalue weighted by Crippen LogP contribution is -2.24. The molecule has 0 aliphatic heterocycles. The Morgan fingerprint density at radius 2 is 2.18 bits per heavy atom. The summed E-state index contributed by atoms with van der Waals surface area (Å²) >= 11 is 1.94. The van der Waals surface area contributed by atoms with Gasteiger partial charge in [-0.05, 0) is 24.9 Å². The summed E-state index contributed by atoms with van der Waals surface area (Å²) in [6.07, 6.45) is 1.36. The molecule has 0 amide bonds. The molecule has 0 rings (SSSR count).